The SMILES string of the molecule is CC1CCN(C(=O)C2CCN(C(=O)C(C)Oc3ccc(Cl)cc3Cl)CC2)CC1. The van der Waals surface area contributed by atoms with Crippen LogP contribution in [0, 0.1) is 11.8 Å². The maximum atomic E-state index is 12.7. The fourth-order valence-corrected chi connectivity index (χ4v) is 4.36. The molecule has 1 aromatic rings. The summed E-state index contributed by atoms with van der Waals surface area (Å²) >= 11 is 12.0. The molecule has 5 nitrogen and oxygen atoms in total. The fourth-order valence-electron chi connectivity index (χ4n) is 3.90. The molecule has 1 unspecified atom stereocenters. The first-order chi connectivity index (χ1) is 13.3. The van der Waals surface area contributed by atoms with Crippen molar-refractivity contribution in [2.75, 3.05) is 26.2 Å². The summed E-state index contributed by atoms with van der Waals surface area (Å²) in [5, 5.41) is 0.901. The van der Waals surface area contributed by atoms with Gasteiger partial charge in [-0.1, -0.05) is 30.1 Å². The molecule has 2 fully saturated rings. The summed E-state index contributed by atoms with van der Waals surface area (Å²) in [7, 11) is 0. The van der Waals surface area contributed by atoms with Gasteiger partial charge in [0.1, 0.15) is 5.75 Å². The lowest BCUT2D eigenvalue weighted by Crippen LogP contribution is -2.48. The lowest BCUT2D eigenvalue weighted by Gasteiger charge is -2.37. The third-order valence-electron chi connectivity index (χ3n) is 5.80. The Hall–Kier alpha value is -1.46. The average molecular weight is 427 g/mol. The van der Waals surface area contributed by atoms with Crippen LogP contribution in [0.5, 0.6) is 5.75 Å². The van der Waals surface area contributed by atoms with Crippen LogP contribution in [0.1, 0.15) is 39.5 Å². The average Bonchev–Trinajstić information content (AvgIpc) is 2.69. The molecule has 7 heteroatoms. The predicted octanol–water partition coefficient (Wildman–Crippen LogP) is 4.26. The lowest BCUT2D eigenvalue weighted by atomic mass is 9.92. The number of halogens is 2. The van der Waals surface area contributed by atoms with E-state index < -0.39 is 6.10 Å². The Kier molecular flexibility index (Phi) is 7.10. The largest absolute Gasteiger partial charge is 0.479 e. The second kappa shape index (κ2) is 9.36. The van der Waals surface area contributed by atoms with Crippen LogP contribution in [0.25, 0.3) is 0 Å². The van der Waals surface area contributed by atoms with Crippen molar-refractivity contribution < 1.29 is 14.3 Å². The van der Waals surface area contributed by atoms with Crippen molar-refractivity contribution in [1.82, 2.24) is 9.80 Å². The number of hydrogen-bond donors (Lipinski definition) is 0. The molecule has 2 aliphatic rings. The maximum absolute atomic E-state index is 12.7. The van der Waals surface area contributed by atoms with Crippen LogP contribution in [0.2, 0.25) is 10.0 Å². The summed E-state index contributed by atoms with van der Waals surface area (Å²) in [4.78, 5) is 29.3. The highest BCUT2D eigenvalue weighted by Gasteiger charge is 2.33. The van der Waals surface area contributed by atoms with E-state index >= 15 is 0 Å². The van der Waals surface area contributed by atoms with Gasteiger partial charge in [-0.3, -0.25) is 9.59 Å². The zero-order chi connectivity index (χ0) is 20.3. The molecule has 1 aromatic carbocycles. The minimum Gasteiger partial charge on any atom is -0.479 e. The Morgan fingerprint density at radius 1 is 1.04 bits per heavy atom. The third-order valence-corrected chi connectivity index (χ3v) is 6.33. The summed E-state index contributed by atoms with van der Waals surface area (Å²) in [5.41, 5.74) is 0. The van der Waals surface area contributed by atoms with E-state index in [2.05, 4.69) is 6.92 Å². The van der Waals surface area contributed by atoms with E-state index in [0.717, 1.165) is 25.9 Å². The lowest BCUT2D eigenvalue weighted by molar-refractivity contribution is -0.144. The number of carbonyl (C=O) groups is 2. The van der Waals surface area contributed by atoms with Crippen LogP contribution < -0.4 is 4.74 Å². The predicted molar refractivity (Wildman–Crippen MR) is 111 cm³/mol. The first-order valence-electron chi connectivity index (χ1n) is 10.0. The Bertz CT molecular complexity index is 712. The normalized spacial score (nSPS) is 20.1. The molecule has 0 saturated carbocycles. The van der Waals surface area contributed by atoms with Gasteiger partial charge >= 0.3 is 0 Å². The Balaban J connectivity index is 1.49. The standard InChI is InChI=1S/C21H28Cl2N2O3/c1-14-5-9-25(10-6-14)21(27)16-7-11-24(12-8-16)20(26)15(2)28-19-4-3-17(22)13-18(19)23/h3-4,13-16H,5-12H2,1-2H3. The van der Waals surface area contributed by atoms with Crippen molar-refractivity contribution in [2.45, 2.75) is 45.6 Å². The van der Waals surface area contributed by atoms with Crippen LogP contribution >= 0.6 is 23.2 Å². The zero-order valence-corrected chi connectivity index (χ0v) is 18.0. The van der Waals surface area contributed by atoms with Crippen molar-refractivity contribution in [1.29, 1.82) is 0 Å². The zero-order valence-electron chi connectivity index (χ0n) is 16.5. The van der Waals surface area contributed by atoms with Crippen molar-refractivity contribution in [3.8, 4) is 5.75 Å². The molecule has 2 heterocycles. The van der Waals surface area contributed by atoms with Crippen LogP contribution in [0.3, 0.4) is 0 Å². The molecule has 0 radical (unpaired) electrons. The first kappa shape index (κ1) is 21.3. The van der Waals surface area contributed by atoms with Gasteiger partial charge in [-0.25, -0.2) is 0 Å². The number of benzene rings is 1. The van der Waals surface area contributed by atoms with Crippen LogP contribution in [-0.4, -0.2) is 53.9 Å². The van der Waals surface area contributed by atoms with Gasteiger partial charge in [-0.05, 0) is 56.7 Å². The summed E-state index contributed by atoms with van der Waals surface area (Å²) in [5.74, 6) is 1.36. The van der Waals surface area contributed by atoms with E-state index in [4.69, 9.17) is 27.9 Å². The molecule has 0 bridgehead atoms. The number of ether oxygens (including phenoxy) is 1. The fraction of sp³-hybridized carbons (Fsp3) is 0.619. The highest BCUT2D eigenvalue weighted by molar-refractivity contribution is 6.35. The van der Waals surface area contributed by atoms with Crippen LogP contribution in [0.15, 0.2) is 18.2 Å². The van der Waals surface area contributed by atoms with Gasteiger partial charge in [0.2, 0.25) is 5.91 Å². The van der Waals surface area contributed by atoms with E-state index in [1.807, 2.05) is 4.90 Å². The van der Waals surface area contributed by atoms with E-state index in [1.54, 1.807) is 30.0 Å². The van der Waals surface area contributed by atoms with Crippen LogP contribution in [-0.2, 0) is 9.59 Å². The van der Waals surface area contributed by atoms with Crippen molar-refractivity contribution in [2.24, 2.45) is 11.8 Å². The van der Waals surface area contributed by atoms with Gasteiger partial charge in [0.05, 0.1) is 5.02 Å². The van der Waals surface area contributed by atoms with E-state index in [-0.39, 0.29) is 17.7 Å². The van der Waals surface area contributed by atoms with Crippen molar-refractivity contribution >= 4 is 35.0 Å². The van der Waals surface area contributed by atoms with E-state index in [1.165, 1.54) is 0 Å². The Labute approximate surface area is 176 Å². The monoisotopic (exact) mass is 426 g/mol. The number of carbonyl (C=O) groups excluding carboxylic acids is 2. The van der Waals surface area contributed by atoms with Gasteiger partial charge in [0.25, 0.3) is 5.91 Å². The molecule has 2 saturated heterocycles. The number of nitrogens with zero attached hydrogens (tertiary/aromatic N) is 2. The second-order valence-electron chi connectivity index (χ2n) is 7.94. The summed E-state index contributed by atoms with van der Waals surface area (Å²) in [6.45, 7) is 6.87. The Morgan fingerprint density at radius 2 is 1.64 bits per heavy atom. The van der Waals surface area contributed by atoms with Gasteiger partial charge in [-0.2, -0.15) is 0 Å². The summed E-state index contributed by atoms with van der Waals surface area (Å²) in [6.07, 6.45) is 2.96. The molecule has 0 aliphatic carbocycles. The molecule has 2 amide bonds. The molecule has 0 N–H and O–H groups in total. The topological polar surface area (TPSA) is 49.9 Å². The first-order valence-corrected chi connectivity index (χ1v) is 10.8. The number of rotatable bonds is 4. The van der Waals surface area contributed by atoms with Crippen molar-refractivity contribution in [3.63, 3.8) is 0 Å². The molecule has 28 heavy (non-hydrogen) atoms. The quantitative estimate of drug-likeness (QED) is 0.722. The van der Waals surface area contributed by atoms with Gasteiger partial charge < -0.3 is 14.5 Å². The molecule has 3 rings (SSSR count). The maximum Gasteiger partial charge on any atom is 0.263 e. The Morgan fingerprint density at radius 3 is 2.25 bits per heavy atom. The number of hydrogen-bond acceptors (Lipinski definition) is 3. The number of likely N-dealkylation sites (tertiary alicyclic amines) is 2. The van der Waals surface area contributed by atoms with Crippen LogP contribution in [0.4, 0.5) is 0 Å². The molecular weight excluding hydrogens is 399 g/mol. The minimum atomic E-state index is -0.644. The third kappa shape index (κ3) is 5.12. The van der Waals surface area contributed by atoms with Gasteiger partial charge in [0, 0.05) is 37.1 Å². The van der Waals surface area contributed by atoms with Gasteiger partial charge in [-0.15, -0.1) is 0 Å². The van der Waals surface area contributed by atoms with Crippen molar-refractivity contribution in [3.05, 3.63) is 28.2 Å². The minimum absolute atomic E-state index is 0.0272. The molecular formula is C21H28Cl2N2O3. The number of piperidine rings is 2. The van der Waals surface area contributed by atoms with E-state index in [0.29, 0.717) is 47.6 Å². The van der Waals surface area contributed by atoms with E-state index in [9.17, 15) is 9.59 Å². The molecule has 0 aromatic heterocycles. The molecule has 1 atom stereocenters. The number of amides is 2. The van der Waals surface area contributed by atoms with Gasteiger partial charge in [0.15, 0.2) is 6.10 Å². The molecule has 0 spiro atoms. The molecule has 2 aliphatic heterocycles. The smallest absolute Gasteiger partial charge is 0.263 e. The second-order valence-corrected chi connectivity index (χ2v) is 8.79. The highest BCUT2D eigenvalue weighted by Crippen LogP contribution is 2.29. The molecule has 154 valence electrons. The summed E-state index contributed by atoms with van der Waals surface area (Å²) in [6, 6.07) is 4.94. The summed E-state index contributed by atoms with van der Waals surface area (Å²) < 4.78 is 5.74. The highest BCUT2D eigenvalue weighted by atomic mass is 35.5.